The molecule has 8 heteroatoms. The lowest BCUT2D eigenvalue weighted by Gasteiger charge is -2.20. The molecule has 0 bridgehead atoms. The van der Waals surface area contributed by atoms with Crippen molar-refractivity contribution in [2.45, 2.75) is 6.54 Å². The van der Waals surface area contributed by atoms with Gasteiger partial charge < -0.3 is 10.1 Å². The molecule has 0 atom stereocenters. The molecule has 0 fully saturated rings. The minimum atomic E-state index is -3.75. The van der Waals surface area contributed by atoms with Gasteiger partial charge in [0.15, 0.2) is 5.75 Å². The van der Waals surface area contributed by atoms with Gasteiger partial charge in [0.25, 0.3) is 0 Å². The molecule has 0 aliphatic carbocycles. The van der Waals surface area contributed by atoms with Gasteiger partial charge in [-0.15, -0.1) is 0 Å². The molecule has 0 saturated carbocycles. The third kappa shape index (κ3) is 5.88. The Labute approximate surface area is 175 Å². The van der Waals surface area contributed by atoms with E-state index in [1.165, 1.54) is 18.2 Å². The molecule has 3 aromatic rings. The van der Waals surface area contributed by atoms with Crippen LogP contribution in [0.25, 0.3) is 0 Å². The Balaban J connectivity index is 1.74. The maximum atomic E-state index is 13.9. The van der Waals surface area contributed by atoms with Gasteiger partial charge >= 0.3 is 0 Å². The fourth-order valence-corrected chi connectivity index (χ4v) is 3.46. The monoisotopic (exact) mass is 428 g/mol. The van der Waals surface area contributed by atoms with Gasteiger partial charge in [0.1, 0.15) is 11.6 Å². The number of carbonyl (C=O) groups is 1. The fraction of sp³-hybridized carbons (Fsp3) is 0.136. The van der Waals surface area contributed by atoms with Crippen LogP contribution in [-0.2, 0) is 21.4 Å². The van der Waals surface area contributed by atoms with Crippen molar-refractivity contribution in [3.05, 3.63) is 90.2 Å². The molecular weight excluding hydrogens is 407 g/mol. The summed E-state index contributed by atoms with van der Waals surface area (Å²) in [6, 6.07) is 21.7. The van der Waals surface area contributed by atoms with Crippen molar-refractivity contribution >= 4 is 21.6 Å². The Hall–Kier alpha value is -3.23. The van der Waals surface area contributed by atoms with Crippen LogP contribution in [0.5, 0.6) is 11.5 Å². The topological polar surface area (TPSA) is 75.7 Å². The second kappa shape index (κ2) is 9.51. The summed E-state index contributed by atoms with van der Waals surface area (Å²) < 4.78 is 44.9. The normalized spacial score (nSPS) is 11.3. The number of carbonyl (C=O) groups excluding carboxylic acids is 1. The largest absolute Gasteiger partial charge is 0.455 e. The lowest BCUT2D eigenvalue weighted by atomic mass is 10.2. The summed E-state index contributed by atoms with van der Waals surface area (Å²) in [6.45, 7) is -0.714. The van der Waals surface area contributed by atoms with Crippen LogP contribution in [0.1, 0.15) is 5.56 Å². The van der Waals surface area contributed by atoms with E-state index in [9.17, 15) is 17.6 Å². The average molecular weight is 428 g/mol. The molecule has 0 aromatic heterocycles. The van der Waals surface area contributed by atoms with Gasteiger partial charge in [0.2, 0.25) is 15.9 Å². The van der Waals surface area contributed by atoms with Crippen LogP contribution in [0.4, 0.5) is 10.1 Å². The number of hydrogen-bond donors (Lipinski definition) is 1. The third-order valence-electron chi connectivity index (χ3n) is 4.23. The van der Waals surface area contributed by atoms with Crippen molar-refractivity contribution in [3.63, 3.8) is 0 Å². The first-order valence-corrected chi connectivity index (χ1v) is 11.0. The first kappa shape index (κ1) is 21.5. The zero-order valence-electron chi connectivity index (χ0n) is 16.3. The summed E-state index contributed by atoms with van der Waals surface area (Å²) in [5.41, 5.74) is 0.578. The summed E-state index contributed by atoms with van der Waals surface area (Å²) in [4.78, 5) is 12.6. The van der Waals surface area contributed by atoms with Crippen LogP contribution in [0, 0.1) is 5.82 Å². The number of para-hydroxylation sites is 3. The molecule has 3 rings (SSSR count). The van der Waals surface area contributed by atoms with E-state index in [1.807, 2.05) is 18.2 Å². The number of anilines is 1. The van der Waals surface area contributed by atoms with E-state index in [4.69, 9.17) is 4.74 Å². The van der Waals surface area contributed by atoms with E-state index in [-0.39, 0.29) is 12.1 Å². The van der Waals surface area contributed by atoms with Gasteiger partial charge in [0, 0.05) is 12.1 Å². The zero-order valence-corrected chi connectivity index (χ0v) is 17.1. The van der Waals surface area contributed by atoms with Gasteiger partial charge in [-0.2, -0.15) is 4.31 Å². The predicted octanol–water partition coefficient (Wildman–Crippen LogP) is 4.02. The lowest BCUT2D eigenvalue weighted by Crippen LogP contribution is -2.37. The van der Waals surface area contributed by atoms with E-state index in [1.54, 1.807) is 42.5 Å². The number of ether oxygens (including phenoxy) is 1. The van der Waals surface area contributed by atoms with Gasteiger partial charge in [-0.3, -0.25) is 4.79 Å². The van der Waals surface area contributed by atoms with Gasteiger partial charge in [-0.1, -0.05) is 48.5 Å². The lowest BCUT2D eigenvalue weighted by molar-refractivity contribution is -0.116. The van der Waals surface area contributed by atoms with Crippen molar-refractivity contribution in [2.24, 2.45) is 0 Å². The number of halogens is 1. The van der Waals surface area contributed by atoms with Crippen LogP contribution in [0.2, 0.25) is 0 Å². The Kier molecular flexibility index (Phi) is 6.81. The van der Waals surface area contributed by atoms with Gasteiger partial charge in [-0.05, 0) is 30.3 Å². The van der Waals surface area contributed by atoms with Crippen LogP contribution in [0.15, 0.2) is 78.9 Å². The quantitative estimate of drug-likeness (QED) is 0.588. The number of hydrogen-bond acceptors (Lipinski definition) is 4. The highest BCUT2D eigenvalue weighted by Gasteiger charge is 2.22. The minimum absolute atomic E-state index is 0.184. The molecule has 3 aromatic carbocycles. The van der Waals surface area contributed by atoms with E-state index in [0.717, 1.165) is 10.6 Å². The standard InChI is InChI=1S/C22H21FN2O4S/c1-30(27,28)25(15-17-9-5-6-12-19(17)23)16-22(26)24-20-13-7-8-14-21(20)29-18-10-3-2-4-11-18/h2-14H,15-16H2,1H3,(H,24,26). The third-order valence-corrected chi connectivity index (χ3v) is 5.42. The molecule has 6 nitrogen and oxygen atoms in total. The van der Waals surface area contributed by atoms with Gasteiger partial charge in [-0.25, -0.2) is 12.8 Å². The van der Waals surface area contributed by atoms with Crippen LogP contribution >= 0.6 is 0 Å². The second-order valence-electron chi connectivity index (χ2n) is 6.58. The molecular formula is C22H21FN2O4S. The number of benzene rings is 3. The maximum Gasteiger partial charge on any atom is 0.239 e. The number of nitrogens with one attached hydrogen (secondary N) is 1. The molecule has 0 saturated heterocycles. The summed E-state index contributed by atoms with van der Waals surface area (Å²) >= 11 is 0. The van der Waals surface area contributed by atoms with E-state index in [0.29, 0.717) is 17.2 Å². The summed E-state index contributed by atoms with van der Waals surface area (Å²) in [5, 5.41) is 2.67. The highest BCUT2D eigenvalue weighted by Crippen LogP contribution is 2.29. The van der Waals surface area contributed by atoms with Crippen LogP contribution in [0.3, 0.4) is 0 Å². The molecule has 30 heavy (non-hydrogen) atoms. The zero-order chi connectivity index (χ0) is 21.6. The number of sulfonamides is 1. The molecule has 0 heterocycles. The van der Waals surface area contributed by atoms with Gasteiger partial charge in [0.05, 0.1) is 18.5 Å². The Morgan fingerprint density at radius 1 is 0.967 bits per heavy atom. The number of nitrogens with zero attached hydrogens (tertiary/aromatic N) is 1. The highest BCUT2D eigenvalue weighted by atomic mass is 32.2. The predicted molar refractivity (Wildman–Crippen MR) is 113 cm³/mol. The summed E-state index contributed by atoms with van der Waals surface area (Å²) in [5.74, 6) is -0.0948. The Morgan fingerprint density at radius 2 is 1.60 bits per heavy atom. The summed E-state index contributed by atoms with van der Waals surface area (Å²) in [6.07, 6.45) is 0.980. The van der Waals surface area contributed by atoms with Crippen molar-refractivity contribution in [1.82, 2.24) is 4.31 Å². The van der Waals surface area contributed by atoms with E-state index in [2.05, 4.69) is 5.32 Å². The Bertz CT molecular complexity index is 1120. The molecule has 1 N–H and O–H groups in total. The molecule has 0 spiro atoms. The first-order valence-electron chi connectivity index (χ1n) is 9.13. The first-order chi connectivity index (χ1) is 14.3. The van der Waals surface area contributed by atoms with Crippen molar-refractivity contribution < 1.29 is 22.3 Å². The molecule has 156 valence electrons. The minimum Gasteiger partial charge on any atom is -0.455 e. The molecule has 0 aliphatic heterocycles. The second-order valence-corrected chi connectivity index (χ2v) is 8.56. The fourth-order valence-electron chi connectivity index (χ4n) is 2.73. The van der Waals surface area contributed by atoms with Crippen LogP contribution < -0.4 is 10.1 Å². The SMILES string of the molecule is CS(=O)(=O)N(CC(=O)Nc1ccccc1Oc1ccccc1)Cc1ccccc1F. The molecule has 1 amide bonds. The number of amides is 1. The number of rotatable bonds is 8. The van der Waals surface area contributed by atoms with Crippen LogP contribution in [-0.4, -0.2) is 31.4 Å². The van der Waals surface area contributed by atoms with E-state index >= 15 is 0 Å². The highest BCUT2D eigenvalue weighted by molar-refractivity contribution is 7.88. The molecule has 0 aliphatic rings. The smallest absolute Gasteiger partial charge is 0.239 e. The van der Waals surface area contributed by atoms with Crippen molar-refractivity contribution in [1.29, 1.82) is 0 Å². The summed E-state index contributed by atoms with van der Waals surface area (Å²) in [7, 11) is -3.75. The molecule has 0 radical (unpaired) electrons. The average Bonchev–Trinajstić information content (AvgIpc) is 2.70. The molecule has 0 unspecified atom stereocenters. The van der Waals surface area contributed by atoms with E-state index < -0.39 is 28.3 Å². The van der Waals surface area contributed by atoms with Crippen molar-refractivity contribution in [2.75, 3.05) is 18.1 Å². The maximum absolute atomic E-state index is 13.9. The van der Waals surface area contributed by atoms with Crippen molar-refractivity contribution in [3.8, 4) is 11.5 Å². The Morgan fingerprint density at radius 3 is 2.30 bits per heavy atom.